The molecule has 0 bridgehead atoms. The van der Waals surface area contributed by atoms with Crippen LogP contribution in [0.1, 0.15) is 51.0 Å². The number of hydrogen-bond donors (Lipinski definition) is 1. The number of nitrogens with one attached hydrogen (secondary N) is 1. The average Bonchev–Trinajstić information content (AvgIpc) is 3.42. The molecule has 2 aliphatic rings. The van der Waals surface area contributed by atoms with Gasteiger partial charge in [0.15, 0.2) is 5.82 Å². The van der Waals surface area contributed by atoms with Crippen LogP contribution in [0.3, 0.4) is 0 Å². The van der Waals surface area contributed by atoms with Gasteiger partial charge in [-0.1, -0.05) is 0 Å². The van der Waals surface area contributed by atoms with E-state index in [-0.39, 0.29) is 17.5 Å². The molecule has 0 aliphatic carbocycles. The van der Waals surface area contributed by atoms with E-state index in [0.717, 1.165) is 51.2 Å². The van der Waals surface area contributed by atoms with Crippen LogP contribution in [0.5, 0.6) is 0 Å². The highest BCUT2D eigenvalue weighted by Gasteiger charge is 2.41. The van der Waals surface area contributed by atoms with E-state index >= 15 is 0 Å². The summed E-state index contributed by atoms with van der Waals surface area (Å²) in [4.78, 5) is 6.66. The minimum atomic E-state index is -0.335. The molecule has 2 aromatic heterocycles. The molecular weight excluding hydrogens is 385 g/mol. The van der Waals surface area contributed by atoms with Crippen LogP contribution in [0.2, 0.25) is 0 Å². The standard InChI is InChI=1S/C21H32FN7O/c1-16(2)28-12-8-21(9-13-28,24-11-7-19-18(22)6-3-10-23-19)20-25-26-27-29(20)15-17-5-4-14-30-17/h3,6,10,16-17,24H,4-5,7-9,11-15H2,1-2H3. The minimum absolute atomic E-state index is 0.169. The summed E-state index contributed by atoms with van der Waals surface area (Å²) in [5.74, 6) is 0.606. The van der Waals surface area contributed by atoms with Crippen LogP contribution >= 0.6 is 0 Å². The molecular formula is C21H32FN7O. The van der Waals surface area contributed by atoms with Crippen molar-refractivity contribution in [2.45, 2.75) is 70.2 Å². The highest BCUT2D eigenvalue weighted by atomic mass is 19.1. The van der Waals surface area contributed by atoms with Crippen LogP contribution in [0, 0.1) is 5.82 Å². The maximum Gasteiger partial charge on any atom is 0.171 e. The normalized spacial score (nSPS) is 22.1. The summed E-state index contributed by atoms with van der Waals surface area (Å²) >= 11 is 0. The number of ether oxygens (including phenoxy) is 1. The third-order valence-electron chi connectivity index (χ3n) is 6.40. The van der Waals surface area contributed by atoms with E-state index in [2.05, 4.69) is 44.6 Å². The monoisotopic (exact) mass is 417 g/mol. The van der Waals surface area contributed by atoms with Gasteiger partial charge in [-0.15, -0.1) is 5.10 Å². The van der Waals surface area contributed by atoms with Crippen molar-refractivity contribution in [3.63, 3.8) is 0 Å². The lowest BCUT2D eigenvalue weighted by Crippen LogP contribution is -2.54. The predicted molar refractivity (Wildman–Crippen MR) is 110 cm³/mol. The molecule has 1 N–H and O–H groups in total. The highest BCUT2D eigenvalue weighted by molar-refractivity contribution is 5.11. The van der Waals surface area contributed by atoms with Gasteiger partial charge in [0.05, 0.1) is 23.9 Å². The molecule has 0 aromatic carbocycles. The fraction of sp³-hybridized carbons (Fsp3) is 0.714. The Morgan fingerprint density at radius 1 is 1.33 bits per heavy atom. The second-order valence-corrected chi connectivity index (χ2v) is 8.64. The number of hydrogen-bond acceptors (Lipinski definition) is 7. The molecule has 0 saturated carbocycles. The molecule has 2 saturated heterocycles. The number of likely N-dealkylation sites (tertiary alicyclic amines) is 1. The Morgan fingerprint density at radius 3 is 2.87 bits per heavy atom. The van der Waals surface area contributed by atoms with Crippen LogP contribution in [0.25, 0.3) is 0 Å². The van der Waals surface area contributed by atoms with Crippen molar-refractivity contribution in [2.24, 2.45) is 0 Å². The zero-order valence-corrected chi connectivity index (χ0v) is 17.9. The third kappa shape index (κ3) is 4.68. The van der Waals surface area contributed by atoms with Gasteiger partial charge in [0.2, 0.25) is 0 Å². The molecule has 0 radical (unpaired) electrons. The van der Waals surface area contributed by atoms with Crippen LogP contribution in [0.15, 0.2) is 18.3 Å². The summed E-state index contributed by atoms with van der Waals surface area (Å²) in [5.41, 5.74) is 0.150. The lowest BCUT2D eigenvalue weighted by Gasteiger charge is -2.43. The fourth-order valence-corrected chi connectivity index (χ4v) is 4.58. The Balaban J connectivity index is 1.51. The zero-order chi connectivity index (χ0) is 21.0. The van der Waals surface area contributed by atoms with Crippen LogP contribution in [0.4, 0.5) is 4.39 Å². The SMILES string of the molecule is CC(C)N1CCC(NCCc2ncccc2F)(c2nnnn2CC2CCCO2)CC1. The van der Waals surface area contributed by atoms with Gasteiger partial charge in [-0.25, -0.2) is 9.07 Å². The lowest BCUT2D eigenvalue weighted by molar-refractivity contribution is 0.0807. The Hall–Kier alpha value is -1.97. The predicted octanol–water partition coefficient (Wildman–Crippen LogP) is 1.92. The number of aromatic nitrogens is 5. The molecule has 4 rings (SSSR count). The maximum absolute atomic E-state index is 14.0. The summed E-state index contributed by atoms with van der Waals surface area (Å²) in [6.07, 6.45) is 6.27. The van der Waals surface area contributed by atoms with Crippen LogP contribution in [-0.4, -0.2) is 68.5 Å². The molecule has 8 nitrogen and oxygen atoms in total. The first kappa shape index (κ1) is 21.3. The number of halogens is 1. The van der Waals surface area contributed by atoms with Crippen molar-refractivity contribution < 1.29 is 9.13 Å². The molecule has 30 heavy (non-hydrogen) atoms. The average molecular weight is 418 g/mol. The summed E-state index contributed by atoms with van der Waals surface area (Å²) in [7, 11) is 0. The summed E-state index contributed by atoms with van der Waals surface area (Å²) < 4.78 is 21.7. The van der Waals surface area contributed by atoms with Crippen LogP contribution < -0.4 is 5.32 Å². The van der Waals surface area contributed by atoms with Crippen molar-refractivity contribution in [1.82, 2.24) is 35.4 Å². The molecule has 2 aromatic rings. The fourth-order valence-electron chi connectivity index (χ4n) is 4.58. The first-order valence-corrected chi connectivity index (χ1v) is 11.0. The van der Waals surface area contributed by atoms with Gasteiger partial charge in [-0.3, -0.25) is 4.98 Å². The molecule has 9 heteroatoms. The van der Waals surface area contributed by atoms with Gasteiger partial charge < -0.3 is 15.0 Å². The smallest absolute Gasteiger partial charge is 0.171 e. The first-order valence-electron chi connectivity index (χ1n) is 11.0. The van der Waals surface area contributed by atoms with Crippen molar-refractivity contribution in [3.8, 4) is 0 Å². The third-order valence-corrected chi connectivity index (χ3v) is 6.40. The van der Waals surface area contributed by atoms with E-state index in [1.807, 2.05) is 4.68 Å². The second kappa shape index (κ2) is 9.45. The largest absolute Gasteiger partial charge is 0.376 e. The molecule has 1 atom stereocenters. The quantitative estimate of drug-likeness (QED) is 0.703. The van der Waals surface area contributed by atoms with Gasteiger partial charge in [-0.2, -0.15) is 0 Å². The molecule has 1 unspecified atom stereocenters. The highest BCUT2D eigenvalue weighted by Crippen LogP contribution is 2.32. The summed E-state index contributed by atoms with van der Waals surface area (Å²) in [6, 6.07) is 3.59. The Labute approximate surface area is 177 Å². The minimum Gasteiger partial charge on any atom is -0.376 e. The van der Waals surface area contributed by atoms with E-state index in [1.165, 1.54) is 6.07 Å². The van der Waals surface area contributed by atoms with Crippen molar-refractivity contribution in [2.75, 3.05) is 26.2 Å². The van der Waals surface area contributed by atoms with E-state index in [0.29, 0.717) is 31.2 Å². The molecule has 0 spiro atoms. The molecule has 0 amide bonds. The molecule has 164 valence electrons. The first-order chi connectivity index (χ1) is 14.6. The van der Waals surface area contributed by atoms with E-state index in [1.54, 1.807) is 12.3 Å². The zero-order valence-electron chi connectivity index (χ0n) is 17.9. The lowest BCUT2D eigenvalue weighted by atomic mass is 9.85. The van der Waals surface area contributed by atoms with Crippen LogP contribution in [-0.2, 0) is 23.2 Å². The Kier molecular flexibility index (Phi) is 6.70. The molecule has 2 aliphatic heterocycles. The van der Waals surface area contributed by atoms with Gasteiger partial charge in [0.1, 0.15) is 5.82 Å². The van der Waals surface area contributed by atoms with Crippen molar-refractivity contribution in [1.29, 1.82) is 0 Å². The summed E-state index contributed by atoms with van der Waals surface area (Å²) in [5, 5.41) is 16.4. The van der Waals surface area contributed by atoms with Crippen molar-refractivity contribution >= 4 is 0 Å². The number of rotatable bonds is 8. The molecule has 2 fully saturated rings. The second-order valence-electron chi connectivity index (χ2n) is 8.64. The number of piperidine rings is 1. The van der Waals surface area contributed by atoms with Crippen molar-refractivity contribution in [3.05, 3.63) is 35.7 Å². The van der Waals surface area contributed by atoms with E-state index < -0.39 is 0 Å². The van der Waals surface area contributed by atoms with E-state index in [9.17, 15) is 4.39 Å². The maximum atomic E-state index is 14.0. The Morgan fingerprint density at radius 2 is 2.17 bits per heavy atom. The number of pyridine rings is 1. The molecule has 4 heterocycles. The number of tetrazole rings is 1. The topological polar surface area (TPSA) is 81.0 Å². The van der Waals surface area contributed by atoms with Gasteiger partial charge in [0, 0.05) is 44.9 Å². The summed E-state index contributed by atoms with van der Waals surface area (Å²) in [6.45, 7) is 8.49. The van der Waals surface area contributed by atoms with Gasteiger partial charge in [-0.05, 0) is 62.1 Å². The number of nitrogens with zero attached hydrogens (tertiary/aromatic N) is 6. The van der Waals surface area contributed by atoms with E-state index in [4.69, 9.17) is 4.74 Å². The van der Waals surface area contributed by atoms with Gasteiger partial charge in [0.25, 0.3) is 0 Å². The van der Waals surface area contributed by atoms with Gasteiger partial charge >= 0.3 is 0 Å². The Bertz CT molecular complexity index is 813.